The Balaban J connectivity index is 1.62. The molecule has 2 aliphatic carbocycles. The lowest BCUT2D eigenvalue weighted by Crippen LogP contribution is -2.39. The number of nitrogens with two attached hydrogens (primary N) is 1. The van der Waals surface area contributed by atoms with E-state index in [9.17, 15) is 0 Å². The van der Waals surface area contributed by atoms with E-state index in [0.29, 0.717) is 6.04 Å². The number of hydrogen-bond acceptors (Lipinski definition) is 3. The first-order valence-corrected chi connectivity index (χ1v) is 6.81. The Hall–Kier alpha value is -0.870. The van der Waals surface area contributed by atoms with Crippen LogP contribution in [0.2, 0.25) is 0 Å². The van der Waals surface area contributed by atoms with Crippen LogP contribution in [-0.4, -0.2) is 15.8 Å². The summed E-state index contributed by atoms with van der Waals surface area (Å²) >= 11 is 0. The average molecular weight is 234 g/mol. The largest absolute Gasteiger partial charge is 0.273 e. The third-order valence-corrected chi connectivity index (χ3v) is 4.62. The van der Waals surface area contributed by atoms with Gasteiger partial charge in [-0.3, -0.25) is 16.0 Å². The molecule has 0 amide bonds. The molecule has 94 valence electrons. The van der Waals surface area contributed by atoms with E-state index in [1.54, 1.807) is 0 Å². The summed E-state index contributed by atoms with van der Waals surface area (Å²) < 4.78 is 1.98. The molecule has 3 atom stereocenters. The lowest BCUT2D eigenvalue weighted by molar-refractivity contribution is 0.410. The smallest absolute Gasteiger partial charge is 0.0522 e. The minimum atomic E-state index is 0.444. The average Bonchev–Trinajstić information content (AvgIpc) is 2.78. The molecule has 3 rings (SSSR count). The molecule has 0 spiro atoms. The Kier molecular flexibility index (Phi) is 2.92. The summed E-state index contributed by atoms with van der Waals surface area (Å²) in [5, 5.41) is 4.32. The van der Waals surface area contributed by atoms with Gasteiger partial charge in [0.05, 0.1) is 6.20 Å². The van der Waals surface area contributed by atoms with Crippen LogP contribution in [0.4, 0.5) is 0 Å². The van der Waals surface area contributed by atoms with Gasteiger partial charge in [0.25, 0.3) is 0 Å². The van der Waals surface area contributed by atoms with Crippen molar-refractivity contribution in [1.82, 2.24) is 15.2 Å². The van der Waals surface area contributed by atoms with Gasteiger partial charge in [0, 0.05) is 18.8 Å². The fourth-order valence-electron chi connectivity index (χ4n) is 3.72. The minimum Gasteiger partial charge on any atom is -0.273 e. The van der Waals surface area contributed by atoms with Gasteiger partial charge in [0.1, 0.15) is 0 Å². The minimum absolute atomic E-state index is 0.444. The Morgan fingerprint density at radius 2 is 2.29 bits per heavy atom. The van der Waals surface area contributed by atoms with Gasteiger partial charge in [0.2, 0.25) is 0 Å². The molecular weight excluding hydrogens is 212 g/mol. The van der Waals surface area contributed by atoms with Gasteiger partial charge in [0.15, 0.2) is 0 Å². The Labute approximate surface area is 103 Å². The second-order valence-electron chi connectivity index (χ2n) is 5.52. The standard InChI is InChI=1S/C13H22N4/c1-2-17-8-9(7-15-17)6-12(16-14)13-10-4-3-5-11(10)13/h7-8,10-13,16H,2-6,14H2,1H3. The van der Waals surface area contributed by atoms with Gasteiger partial charge in [-0.2, -0.15) is 5.10 Å². The molecule has 2 aliphatic rings. The second kappa shape index (κ2) is 4.42. The highest BCUT2D eigenvalue weighted by Gasteiger charge is 2.55. The molecule has 2 fully saturated rings. The van der Waals surface area contributed by atoms with E-state index in [4.69, 9.17) is 5.84 Å². The highest BCUT2D eigenvalue weighted by atomic mass is 15.3. The molecule has 0 aliphatic heterocycles. The van der Waals surface area contributed by atoms with Crippen LogP contribution in [0, 0.1) is 17.8 Å². The second-order valence-corrected chi connectivity index (χ2v) is 5.52. The Morgan fingerprint density at radius 1 is 1.53 bits per heavy atom. The summed E-state index contributed by atoms with van der Waals surface area (Å²) in [5.41, 5.74) is 4.34. The molecule has 1 aromatic heterocycles. The van der Waals surface area contributed by atoms with Crippen LogP contribution in [0.25, 0.3) is 0 Å². The van der Waals surface area contributed by atoms with Crippen LogP contribution >= 0.6 is 0 Å². The van der Waals surface area contributed by atoms with Crippen molar-refractivity contribution in [3.63, 3.8) is 0 Å². The van der Waals surface area contributed by atoms with Gasteiger partial charge >= 0.3 is 0 Å². The molecule has 0 saturated heterocycles. The third-order valence-electron chi connectivity index (χ3n) is 4.62. The summed E-state index contributed by atoms with van der Waals surface area (Å²) in [6.45, 7) is 3.05. The van der Waals surface area contributed by atoms with Gasteiger partial charge in [-0.15, -0.1) is 0 Å². The topological polar surface area (TPSA) is 55.9 Å². The van der Waals surface area contributed by atoms with Crippen LogP contribution in [-0.2, 0) is 13.0 Å². The number of rotatable bonds is 5. The number of nitrogens with zero attached hydrogens (tertiary/aromatic N) is 2. The molecule has 0 aromatic carbocycles. The summed E-state index contributed by atoms with van der Waals surface area (Å²) in [4.78, 5) is 0. The number of fused-ring (bicyclic) bond motifs is 1. The van der Waals surface area contributed by atoms with Crippen molar-refractivity contribution in [2.75, 3.05) is 0 Å². The number of hydrogen-bond donors (Lipinski definition) is 2. The van der Waals surface area contributed by atoms with E-state index in [1.165, 1.54) is 24.8 Å². The molecule has 0 radical (unpaired) electrons. The zero-order valence-electron chi connectivity index (χ0n) is 10.5. The van der Waals surface area contributed by atoms with Crippen molar-refractivity contribution in [3.05, 3.63) is 18.0 Å². The van der Waals surface area contributed by atoms with Crippen molar-refractivity contribution in [1.29, 1.82) is 0 Å². The highest BCUT2D eigenvalue weighted by molar-refractivity contribution is 5.12. The fourth-order valence-corrected chi connectivity index (χ4v) is 3.72. The molecule has 3 N–H and O–H groups in total. The first kappa shape index (κ1) is 11.2. The highest BCUT2D eigenvalue weighted by Crippen LogP contribution is 2.59. The zero-order chi connectivity index (χ0) is 11.8. The first-order valence-electron chi connectivity index (χ1n) is 6.81. The van der Waals surface area contributed by atoms with Crippen LogP contribution in [0.3, 0.4) is 0 Å². The summed E-state index contributed by atoms with van der Waals surface area (Å²) in [6.07, 6.45) is 9.41. The Bertz CT molecular complexity index is 377. The van der Waals surface area contributed by atoms with E-state index >= 15 is 0 Å². The van der Waals surface area contributed by atoms with Crippen molar-refractivity contribution < 1.29 is 0 Å². The summed E-state index contributed by atoms with van der Waals surface area (Å²) in [7, 11) is 0. The normalized spacial score (nSPS) is 32.5. The quantitative estimate of drug-likeness (QED) is 0.597. The molecule has 0 bridgehead atoms. The molecule has 17 heavy (non-hydrogen) atoms. The lowest BCUT2D eigenvalue weighted by atomic mass is 9.99. The third kappa shape index (κ3) is 2.00. The molecule has 1 aromatic rings. The van der Waals surface area contributed by atoms with E-state index in [2.05, 4.69) is 23.6 Å². The molecule has 2 saturated carbocycles. The number of aryl methyl sites for hydroxylation is 1. The molecule has 1 heterocycles. The van der Waals surface area contributed by atoms with Crippen LogP contribution in [0.15, 0.2) is 12.4 Å². The maximum absolute atomic E-state index is 5.73. The number of nitrogens with one attached hydrogen (secondary N) is 1. The summed E-state index contributed by atoms with van der Waals surface area (Å²) in [5.74, 6) is 8.46. The summed E-state index contributed by atoms with van der Waals surface area (Å²) in [6, 6.07) is 0.444. The monoisotopic (exact) mass is 234 g/mol. The van der Waals surface area contributed by atoms with E-state index < -0.39 is 0 Å². The van der Waals surface area contributed by atoms with Crippen molar-refractivity contribution in [2.24, 2.45) is 23.6 Å². The fraction of sp³-hybridized carbons (Fsp3) is 0.769. The number of aromatic nitrogens is 2. The van der Waals surface area contributed by atoms with E-state index in [0.717, 1.165) is 30.7 Å². The van der Waals surface area contributed by atoms with Crippen LogP contribution in [0.5, 0.6) is 0 Å². The van der Waals surface area contributed by atoms with Crippen molar-refractivity contribution in [2.45, 2.75) is 45.2 Å². The predicted octanol–water partition coefficient (Wildman–Crippen LogP) is 1.32. The van der Waals surface area contributed by atoms with E-state index in [1.807, 2.05) is 10.9 Å². The SMILES string of the molecule is CCn1cc(CC(NN)C2C3CCCC32)cn1. The molecule has 4 nitrogen and oxygen atoms in total. The van der Waals surface area contributed by atoms with Crippen molar-refractivity contribution in [3.8, 4) is 0 Å². The van der Waals surface area contributed by atoms with E-state index in [-0.39, 0.29) is 0 Å². The number of hydrazine groups is 1. The maximum atomic E-state index is 5.73. The Morgan fingerprint density at radius 3 is 2.88 bits per heavy atom. The molecule has 3 unspecified atom stereocenters. The van der Waals surface area contributed by atoms with Gasteiger partial charge in [-0.25, -0.2) is 0 Å². The predicted molar refractivity (Wildman–Crippen MR) is 67.0 cm³/mol. The lowest BCUT2D eigenvalue weighted by Gasteiger charge is -2.16. The van der Waals surface area contributed by atoms with Crippen LogP contribution in [0.1, 0.15) is 31.7 Å². The maximum Gasteiger partial charge on any atom is 0.0522 e. The molecular formula is C13H22N4. The van der Waals surface area contributed by atoms with Gasteiger partial charge in [-0.1, -0.05) is 6.42 Å². The zero-order valence-corrected chi connectivity index (χ0v) is 10.5. The first-order chi connectivity index (χ1) is 8.33. The van der Waals surface area contributed by atoms with Crippen LogP contribution < -0.4 is 11.3 Å². The van der Waals surface area contributed by atoms with Gasteiger partial charge < -0.3 is 0 Å². The van der Waals surface area contributed by atoms with Crippen molar-refractivity contribution >= 4 is 0 Å². The molecule has 4 heteroatoms. The van der Waals surface area contributed by atoms with Gasteiger partial charge in [-0.05, 0) is 49.5 Å².